The van der Waals surface area contributed by atoms with E-state index in [1.165, 1.54) is 25.7 Å². The molecule has 1 N–H and O–H groups in total. The molecule has 0 spiro atoms. The lowest BCUT2D eigenvalue weighted by atomic mass is 10.2. The zero-order valence-electron chi connectivity index (χ0n) is 14.0. The number of imidazole rings is 1. The van der Waals surface area contributed by atoms with Crippen molar-refractivity contribution in [1.82, 2.24) is 34.6 Å². The molecule has 1 saturated carbocycles. The maximum absolute atomic E-state index is 12.3. The van der Waals surface area contributed by atoms with Crippen molar-refractivity contribution >= 4 is 17.1 Å². The van der Waals surface area contributed by atoms with E-state index >= 15 is 0 Å². The molecule has 3 heterocycles. The van der Waals surface area contributed by atoms with Crippen LogP contribution in [0.5, 0.6) is 0 Å². The summed E-state index contributed by atoms with van der Waals surface area (Å²) >= 11 is 0. The van der Waals surface area contributed by atoms with Gasteiger partial charge >= 0.3 is 0 Å². The second-order valence-electron chi connectivity index (χ2n) is 6.47. The molecule has 1 aliphatic rings. The Kier molecular flexibility index (Phi) is 4.41. The van der Waals surface area contributed by atoms with Crippen LogP contribution in [0.15, 0.2) is 31.2 Å². The van der Waals surface area contributed by atoms with Gasteiger partial charge in [0.15, 0.2) is 5.65 Å². The molecule has 4 rings (SSSR count). The third-order valence-electron chi connectivity index (χ3n) is 4.74. The normalized spacial score (nSPS) is 15.0. The van der Waals surface area contributed by atoms with Crippen molar-refractivity contribution in [2.45, 2.75) is 44.7 Å². The van der Waals surface area contributed by atoms with Crippen molar-refractivity contribution in [3.05, 3.63) is 36.8 Å². The Labute approximate surface area is 145 Å². The van der Waals surface area contributed by atoms with Crippen molar-refractivity contribution in [2.24, 2.45) is 0 Å². The van der Waals surface area contributed by atoms with Crippen LogP contribution in [0.25, 0.3) is 11.2 Å². The molecule has 25 heavy (non-hydrogen) atoms. The zero-order chi connectivity index (χ0) is 17.1. The topological polar surface area (TPSA) is 90.5 Å². The summed E-state index contributed by atoms with van der Waals surface area (Å²) in [6, 6.07) is 2.32. The van der Waals surface area contributed by atoms with Crippen LogP contribution < -0.4 is 5.32 Å². The van der Waals surface area contributed by atoms with Gasteiger partial charge in [0.25, 0.3) is 5.91 Å². The second-order valence-corrected chi connectivity index (χ2v) is 6.47. The van der Waals surface area contributed by atoms with Crippen LogP contribution in [0.4, 0.5) is 0 Å². The van der Waals surface area contributed by atoms with E-state index in [0.717, 1.165) is 24.1 Å². The first-order valence-corrected chi connectivity index (χ1v) is 8.74. The first-order chi connectivity index (χ1) is 12.3. The van der Waals surface area contributed by atoms with Crippen molar-refractivity contribution in [3.8, 4) is 0 Å². The largest absolute Gasteiger partial charge is 0.352 e. The smallest absolute Gasteiger partial charge is 0.252 e. The van der Waals surface area contributed by atoms with Gasteiger partial charge in [-0.05, 0) is 25.3 Å². The lowest BCUT2D eigenvalue weighted by Gasteiger charge is -2.11. The number of aromatic nitrogens is 6. The van der Waals surface area contributed by atoms with Crippen LogP contribution in [0, 0.1) is 0 Å². The molecule has 130 valence electrons. The van der Waals surface area contributed by atoms with E-state index in [4.69, 9.17) is 0 Å². The van der Waals surface area contributed by atoms with Gasteiger partial charge in [-0.15, -0.1) is 10.2 Å². The lowest BCUT2D eigenvalue weighted by molar-refractivity contribution is 0.0952. The predicted molar refractivity (Wildman–Crippen MR) is 92.0 cm³/mol. The Morgan fingerprint density at radius 1 is 1.16 bits per heavy atom. The third-order valence-corrected chi connectivity index (χ3v) is 4.74. The molecule has 3 aromatic rings. The molecular formula is C17H21N7O. The Balaban J connectivity index is 1.38. The Bertz CT molecular complexity index is 849. The van der Waals surface area contributed by atoms with E-state index in [1.807, 2.05) is 17.0 Å². The van der Waals surface area contributed by atoms with Crippen LogP contribution in [0.3, 0.4) is 0 Å². The maximum Gasteiger partial charge on any atom is 0.252 e. The summed E-state index contributed by atoms with van der Waals surface area (Å²) in [5.41, 5.74) is 2.20. The van der Waals surface area contributed by atoms with Crippen LogP contribution in [0.2, 0.25) is 0 Å². The highest BCUT2D eigenvalue weighted by Gasteiger charge is 2.20. The van der Waals surface area contributed by atoms with Crippen LogP contribution in [-0.2, 0) is 6.54 Å². The summed E-state index contributed by atoms with van der Waals surface area (Å²) in [7, 11) is 0. The fraction of sp³-hybridized carbons (Fsp3) is 0.471. The van der Waals surface area contributed by atoms with Gasteiger partial charge < -0.3 is 14.5 Å². The Morgan fingerprint density at radius 2 is 1.96 bits per heavy atom. The zero-order valence-corrected chi connectivity index (χ0v) is 14.0. The number of hydrogen-bond donors (Lipinski definition) is 1. The standard InChI is InChI=1S/C17H21N7O/c25-17(18-6-3-7-23-11-21-22-12-23)13-8-15-16(19-9-13)24(10-20-15)14-4-1-2-5-14/h8-12,14H,1-7H2,(H,18,25). The highest BCUT2D eigenvalue weighted by atomic mass is 16.1. The average Bonchev–Trinajstić information content (AvgIpc) is 3.38. The van der Waals surface area contributed by atoms with E-state index in [1.54, 1.807) is 18.9 Å². The number of aryl methyl sites for hydroxylation is 1. The molecule has 0 bridgehead atoms. The van der Waals surface area contributed by atoms with E-state index in [-0.39, 0.29) is 5.91 Å². The van der Waals surface area contributed by atoms with Crippen molar-refractivity contribution < 1.29 is 4.79 Å². The SMILES string of the molecule is O=C(NCCCn1cnnc1)c1cnc2c(c1)ncn2C1CCCC1. The number of hydrogen-bond acceptors (Lipinski definition) is 5. The average molecular weight is 339 g/mol. The third kappa shape index (κ3) is 3.38. The molecule has 8 heteroatoms. The highest BCUT2D eigenvalue weighted by molar-refractivity contribution is 5.96. The number of pyridine rings is 1. The number of rotatable bonds is 6. The Morgan fingerprint density at radius 3 is 2.76 bits per heavy atom. The minimum Gasteiger partial charge on any atom is -0.352 e. The van der Waals surface area contributed by atoms with Gasteiger partial charge in [-0.1, -0.05) is 12.8 Å². The summed E-state index contributed by atoms with van der Waals surface area (Å²) < 4.78 is 4.04. The Hall–Kier alpha value is -2.77. The molecule has 3 aromatic heterocycles. The molecule has 8 nitrogen and oxygen atoms in total. The highest BCUT2D eigenvalue weighted by Crippen LogP contribution is 2.31. The predicted octanol–water partition coefficient (Wildman–Crippen LogP) is 1.96. The molecule has 0 aromatic carbocycles. The fourth-order valence-corrected chi connectivity index (χ4v) is 3.40. The second kappa shape index (κ2) is 7.00. The van der Waals surface area contributed by atoms with Gasteiger partial charge in [0, 0.05) is 25.3 Å². The molecule has 0 radical (unpaired) electrons. The quantitative estimate of drug-likeness (QED) is 0.693. The van der Waals surface area contributed by atoms with Gasteiger partial charge in [-0.25, -0.2) is 9.97 Å². The van der Waals surface area contributed by atoms with Gasteiger partial charge in [0.05, 0.1) is 11.9 Å². The minimum atomic E-state index is -0.117. The maximum atomic E-state index is 12.3. The lowest BCUT2D eigenvalue weighted by Crippen LogP contribution is -2.25. The number of amides is 1. The molecule has 1 aliphatic carbocycles. The van der Waals surface area contributed by atoms with Crippen LogP contribution in [0.1, 0.15) is 48.5 Å². The first kappa shape index (κ1) is 15.7. The molecule has 0 saturated heterocycles. The summed E-state index contributed by atoms with van der Waals surface area (Å²) in [5.74, 6) is -0.117. The molecule has 1 amide bonds. The molecule has 0 unspecified atom stereocenters. The van der Waals surface area contributed by atoms with E-state index in [2.05, 4.69) is 30.0 Å². The molecule has 1 fully saturated rings. The van der Waals surface area contributed by atoms with Crippen molar-refractivity contribution in [3.63, 3.8) is 0 Å². The molecule has 0 atom stereocenters. The van der Waals surface area contributed by atoms with Crippen LogP contribution >= 0.6 is 0 Å². The number of carbonyl (C=O) groups is 1. The van der Waals surface area contributed by atoms with E-state index < -0.39 is 0 Å². The summed E-state index contributed by atoms with van der Waals surface area (Å²) in [4.78, 5) is 21.2. The summed E-state index contributed by atoms with van der Waals surface area (Å²) in [5, 5.41) is 10.4. The monoisotopic (exact) mass is 339 g/mol. The molecular weight excluding hydrogens is 318 g/mol. The van der Waals surface area contributed by atoms with E-state index in [9.17, 15) is 4.79 Å². The van der Waals surface area contributed by atoms with E-state index in [0.29, 0.717) is 18.2 Å². The number of nitrogens with one attached hydrogen (secondary N) is 1. The van der Waals surface area contributed by atoms with Gasteiger partial charge in [0.2, 0.25) is 0 Å². The van der Waals surface area contributed by atoms with Crippen LogP contribution in [-0.4, -0.2) is 41.8 Å². The van der Waals surface area contributed by atoms with Gasteiger partial charge in [0.1, 0.15) is 18.2 Å². The summed E-state index contributed by atoms with van der Waals surface area (Å²) in [6.07, 6.45) is 12.5. The van der Waals surface area contributed by atoms with Gasteiger partial charge in [-0.3, -0.25) is 4.79 Å². The minimum absolute atomic E-state index is 0.117. The van der Waals surface area contributed by atoms with Crippen molar-refractivity contribution in [2.75, 3.05) is 6.54 Å². The first-order valence-electron chi connectivity index (χ1n) is 8.74. The number of carbonyl (C=O) groups excluding carboxylic acids is 1. The summed E-state index contributed by atoms with van der Waals surface area (Å²) in [6.45, 7) is 1.36. The fourth-order valence-electron chi connectivity index (χ4n) is 3.40. The molecule has 0 aliphatic heterocycles. The number of nitrogens with zero attached hydrogens (tertiary/aromatic N) is 6. The number of fused-ring (bicyclic) bond motifs is 1. The van der Waals surface area contributed by atoms with Crippen molar-refractivity contribution in [1.29, 1.82) is 0 Å². The van der Waals surface area contributed by atoms with Gasteiger partial charge in [-0.2, -0.15) is 0 Å².